The van der Waals surface area contributed by atoms with Crippen LogP contribution in [0, 0.1) is 5.82 Å². The average Bonchev–Trinajstić information content (AvgIpc) is 2.61. The van der Waals surface area contributed by atoms with E-state index in [1.807, 2.05) is 44.0 Å². The van der Waals surface area contributed by atoms with Crippen LogP contribution in [0.15, 0.2) is 36.5 Å². The first-order valence-corrected chi connectivity index (χ1v) is 8.90. The number of pyridine rings is 1. The second-order valence-corrected chi connectivity index (χ2v) is 7.45. The number of rotatable bonds is 4. The summed E-state index contributed by atoms with van der Waals surface area (Å²) in [7, 11) is 0. The van der Waals surface area contributed by atoms with Crippen molar-refractivity contribution in [1.82, 2.24) is 4.98 Å². The van der Waals surface area contributed by atoms with E-state index in [1.165, 1.54) is 0 Å². The zero-order chi connectivity index (χ0) is 18.7. The number of aliphatic hydroxyl groups excluding tert-OH is 1. The third-order valence-corrected chi connectivity index (χ3v) is 4.35. The zero-order valence-corrected chi connectivity index (χ0v) is 15.6. The molecule has 1 aromatic heterocycles. The molecule has 0 bridgehead atoms. The second kappa shape index (κ2) is 7.50. The smallest absolute Gasteiger partial charge is 0.213 e. The molecule has 0 radical (unpaired) electrons. The van der Waals surface area contributed by atoms with Crippen molar-refractivity contribution in [3.05, 3.63) is 47.9 Å². The Bertz CT molecular complexity index is 736. The third kappa shape index (κ3) is 4.25. The van der Waals surface area contributed by atoms with Crippen LogP contribution in [0.1, 0.15) is 26.3 Å². The van der Waals surface area contributed by atoms with Gasteiger partial charge in [0.2, 0.25) is 5.88 Å². The molecular weight excluding hydrogens is 333 g/mol. The van der Waals surface area contributed by atoms with Gasteiger partial charge in [-0.2, -0.15) is 0 Å². The number of nitrogens with zero attached hydrogens (tertiary/aromatic N) is 3. The highest BCUT2D eigenvalue weighted by Gasteiger charge is 2.21. The highest BCUT2D eigenvalue weighted by atomic mass is 19.1. The quantitative estimate of drug-likeness (QED) is 0.908. The molecule has 0 spiro atoms. The molecule has 1 aliphatic heterocycles. The normalized spacial score (nSPS) is 15.3. The number of aliphatic hydroxyl groups is 1. The van der Waals surface area contributed by atoms with Gasteiger partial charge in [0.05, 0.1) is 24.2 Å². The molecule has 1 aliphatic rings. The molecule has 0 saturated carbocycles. The Hall–Kier alpha value is -2.34. The zero-order valence-electron chi connectivity index (χ0n) is 15.6. The Kier molecular flexibility index (Phi) is 5.32. The first-order chi connectivity index (χ1) is 12.4. The van der Waals surface area contributed by atoms with Crippen LogP contribution in [0.5, 0.6) is 5.88 Å². The fraction of sp³-hybridized carbons (Fsp3) is 0.450. The predicted molar refractivity (Wildman–Crippen MR) is 101 cm³/mol. The summed E-state index contributed by atoms with van der Waals surface area (Å²) in [6.07, 6.45) is 1.82. The maximum Gasteiger partial charge on any atom is 0.213 e. The minimum Gasteiger partial charge on any atom is -0.472 e. The van der Waals surface area contributed by atoms with Gasteiger partial charge in [0, 0.05) is 37.8 Å². The summed E-state index contributed by atoms with van der Waals surface area (Å²) < 4.78 is 20.2. The maximum absolute atomic E-state index is 14.4. The van der Waals surface area contributed by atoms with E-state index in [-0.39, 0.29) is 18.0 Å². The van der Waals surface area contributed by atoms with Gasteiger partial charge < -0.3 is 19.6 Å². The number of ether oxygens (including phenoxy) is 1. The molecule has 0 unspecified atom stereocenters. The number of aromatic nitrogens is 1. The third-order valence-electron chi connectivity index (χ3n) is 4.35. The molecular formula is C20H26FN3O2. The summed E-state index contributed by atoms with van der Waals surface area (Å²) in [5, 5.41) is 9.24. The average molecular weight is 359 g/mol. The van der Waals surface area contributed by atoms with Crippen molar-refractivity contribution in [2.24, 2.45) is 0 Å². The molecule has 140 valence electrons. The number of hydrogen-bond acceptors (Lipinski definition) is 5. The van der Waals surface area contributed by atoms with Gasteiger partial charge in [-0.3, -0.25) is 0 Å². The minimum atomic E-state index is -0.325. The lowest BCUT2D eigenvalue weighted by molar-refractivity contribution is 0.124. The van der Waals surface area contributed by atoms with E-state index < -0.39 is 0 Å². The van der Waals surface area contributed by atoms with Gasteiger partial charge in [-0.05, 0) is 32.9 Å². The van der Waals surface area contributed by atoms with Crippen molar-refractivity contribution in [3.63, 3.8) is 0 Å². The van der Waals surface area contributed by atoms with Gasteiger partial charge in [-0.15, -0.1) is 0 Å². The van der Waals surface area contributed by atoms with Crippen LogP contribution in [-0.2, 0) is 6.61 Å². The van der Waals surface area contributed by atoms with E-state index in [0.29, 0.717) is 30.2 Å². The first-order valence-electron chi connectivity index (χ1n) is 8.90. The van der Waals surface area contributed by atoms with Gasteiger partial charge in [-0.1, -0.05) is 12.1 Å². The van der Waals surface area contributed by atoms with Crippen molar-refractivity contribution in [2.45, 2.75) is 33.0 Å². The van der Waals surface area contributed by atoms with E-state index in [0.717, 1.165) is 18.8 Å². The molecule has 2 heterocycles. The van der Waals surface area contributed by atoms with Gasteiger partial charge in [-0.25, -0.2) is 9.37 Å². The summed E-state index contributed by atoms with van der Waals surface area (Å²) in [5.74, 6) is 0.288. The molecule has 1 saturated heterocycles. The molecule has 0 amide bonds. The number of benzene rings is 1. The molecule has 0 aliphatic carbocycles. The lowest BCUT2D eigenvalue weighted by atomic mass is 10.1. The van der Waals surface area contributed by atoms with Crippen LogP contribution in [0.2, 0.25) is 0 Å². The van der Waals surface area contributed by atoms with Crippen LogP contribution in [-0.4, -0.2) is 41.9 Å². The van der Waals surface area contributed by atoms with Crippen molar-refractivity contribution in [2.75, 3.05) is 36.0 Å². The number of anilines is 2. The Morgan fingerprint density at radius 3 is 2.35 bits per heavy atom. The largest absolute Gasteiger partial charge is 0.472 e. The number of halogens is 1. The Labute approximate surface area is 154 Å². The summed E-state index contributed by atoms with van der Waals surface area (Å²) in [5.41, 5.74) is 1.66. The highest BCUT2D eigenvalue weighted by Crippen LogP contribution is 2.26. The molecule has 2 aromatic rings. The Balaban J connectivity index is 1.64. The molecule has 26 heavy (non-hydrogen) atoms. The standard InChI is InChI=1S/C20H26FN3O2/c1-20(2,3)26-18-8-7-16(13-22-18)23-9-11-24(12-10-23)17-6-4-5-15(14-25)19(17)21/h4-8,13,25H,9-12,14H2,1-3H3. The Morgan fingerprint density at radius 2 is 1.77 bits per heavy atom. The second-order valence-electron chi connectivity index (χ2n) is 7.45. The van der Waals surface area contributed by atoms with Gasteiger partial charge in [0.15, 0.2) is 5.82 Å². The monoisotopic (exact) mass is 359 g/mol. The van der Waals surface area contributed by atoms with Gasteiger partial charge >= 0.3 is 0 Å². The highest BCUT2D eigenvalue weighted by molar-refractivity contribution is 5.53. The van der Waals surface area contributed by atoms with Crippen molar-refractivity contribution in [3.8, 4) is 5.88 Å². The van der Waals surface area contributed by atoms with Crippen LogP contribution in [0.25, 0.3) is 0 Å². The van der Waals surface area contributed by atoms with Gasteiger partial charge in [0.25, 0.3) is 0 Å². The molecule has 1 aromatic carbocycles. The van der Waals surface area contributed by atoms with E-state index in [1.54, 1.807) is 18.2 Å². The van der Waals surface area contributed by atoms with E-state index in [2.05, 4.69) is 9.88 Å². The first kappa shape index (κ1) is 18.5. The predicted octanol–water partition coefficient (Wildman–Crippen LogP) is 3.22. The molecule has 1 fully saturated rings. The summed E-state index contributed by atoms with van der Waals surface area (Å²) >= 11 is 0. The molecule has 1 N–H and O–H groups in total. The van der Waals surface area contributed by atoms with Crippen LogP contribution in [0.4, 0.5) is 15.8 Å². The summed E-state index contributed by atoms with van der Waals surface area (Å²) in [6.45, 7) is 8.69. The summed E-state index contributed by atoms with van der Waals surface area (Å²) in [6, 6.07) is 9.06. The lowest BCUT2D eigenvalue weighted by Gasteiger charge is -2.37. The molecule has 3 rings (SSSR count). The number of hydrogen-bond donors (Lipinski definition) is 1. The Morgan fingerprint density at radius 1 is 1.08 bits per heavy atom. The van der Waals surface area contributed by atoms with E-state index in [4.69, 9.17) is 4.74 Å². The SMILES string of the molecule is CC(C)(C)Oc1ccc(N2CCN(c3cccc(CO)c3F)CC2)cn1. The van der Waals surface area contributed by atoms with Crippen molar-refractivity contribution >= 4 is 11.4 Å². The summed E-state index contributed by atoms with van der Waals surface area (Å²) in [4.78, 5) is 8.65. The van der Waals surface area contributed by atoms with E-state index in [9.17, 15) is 9.50 Å². The van der Waals surface area contributed by atoms with Crippen LogP contribution in [0.3, 0.4) is 0 Å². The molecule has 0 atom stereocenters. The maximum atomic E-state index is 14.4. The minimum absolute atomic E-state index is 0.271. The lowest BCUT2D eigenvalue weighted by Crippen LogP contribution is -2.47. The number of piperazine rings is 1. The molecule has 6 heteroatoms. The van der Waals surface area contributed by atoms with Gasteiger partial charge in [0.1, 0.15) is 5.60 Å². The fourth-order valence-corrected chi connectivity index (χ4v) is 3.07. The van der Waals surface area contributed by atoms with E-state index >= 15 is 0 Å². The molecule has 5 nitrogen and oxygen atoms in total. The van der Waals surface area contributed by atoms with Crippen molar-refractivity contribution in [1.29, 1.82) is 0 Å². The topological polar surface area (TPSA) is 48.8 Å². The van der Waals surface area contributed by atoms with Crippen LogP contribution >= 0.6 is 0 Å². The van der Waals surface area contributed by atoms with Crippen LogP contribution < -0.4 is 14.5 Å². The fourth-order valence-electron chi connectivity index (χ4n) is 3.07. The van der Waals surface area contributed by atoms with Crippen molar-refractivity contribution < 1.29 is 14.2 Å².